The molecule has 26 heteroatoms. The number of rotatable bonds is 12. The van der Waals surface area contributed by atoms with Crippen molar-refractivity contribution in [2.75, 3.05) is 59.5 Å². The number of ketones is 1. The molecule has 1 N–H and O–H groups in total. The van der Waals surface area contributed by atoms with Gasteiger partial charge in [0.2, 0.25) is 0 Å². The number of esters is 4. The third-order valence-electron chi connectivity index (χ3n) is 19.6. The quantitative estimate of drug-likeness (QED) is 0.0231. The molecule has 0 amide bonds. The smallest absolute Gasteiger partial charge is 0.493 e. The molecule has 105 heavy (non-hydrogen) atoms. The molecule has 10 aliphatic rings. The Balaban J connectivity index is 0.000000139. The van der Waals surface area contributed by atoms with E-state index in [1.807, 2.05) is 63.2 Å². The monoisotopic (exact) mass is 1500 g/mol. The van der Waals surface area contributed by atoms with E-state index in [4.69, 9.17) is 65.8 Å². The molecule has 0 unspecified atom stereocenters. The number of aliphatic carboxylic acids is 1. The van der Waals surface area contributed by atoms with Gasteiger partial charge in [-0.25, -0.2) is 0 Å². The Morgan fingerprint density at radius 1 is 0.505 bits per heavy atom. The number of carbonyl (C=O) groups excluding carboxylic acids is 5. The Kier molecular flexibility index (Phi) is 23.4. The largest absolute Gasteiger partial charge is 0.534 e. The highest BCUT2D eigenvalue weighted by Gasteiger charge is 2.63. The van der Waals surface area contributed by atoms with Crippen LogP contribution in [0.4, 0.5) is 13.2 Å². The molecule has 5 heterocycles. The van der Waals surface area contributed by atoms with Gasteiger partial charge in [-0.2, -0.15) is 26.9 Å². The van der Waals surface area contributed by atoms with Gasteiger partial charge in [-0.05, 0) is 111 Å². The van der Waals surface area contributed by atoms with E-state index in [-0.39, 0.29) is 137 Å². The van der Waals surface area contributed by atoms with E-state index in [1.54, 1.807) is 31.2 Å². The summed E-state index contributed by atoms with van der Waals surface area (Å²) in [6.45, 7) is 25.7. The summed E-state index contributed by atoms with van der Waals surface area (Å²) in [4.78, 5) is 69.7. The number of carboxylic acids is 1. The number of benzene rings is 5. The molecule has 15 atom stereocenters. The predicted molar refractivity (Wildman–Crippen MR) is 383 cm³/mol. The molecule has 0 bridgehead atoms. The fraction of sp³-hybridized carbons (Fsp3) is 0.456. The zero-order valence-corrected chi connectivity index (χ0v) is 62.9. The van der Waals surface area contributed by atoms with Gasteiger partial charge in [-0.15, -0.1) is 23.9 Å². The third kappa shape index (κ3) is 17.6. The maximum Gasteiger partial charge on any atom is 0.534 e. The van der Waals surface area contributed by atoms with Crippen molar-refractivity contribution in [2.45, 2.75) is 109 Å². The number of nitrogens with zero attached hydrogens (tertiary/aromatic N) is 1. The maximum atomic E-state index is 12.3. The number of carbonyl (C=O) groups is 6. The Bertz CT molecular complexity index is 4530. The number of carboxylic acid groups (broad SMARTS) is 1. The molecule has 20 nitrogen and oxygen atoms in total. The van der Waals surface area contributed by atoms with Crippen molar-refractivity contribution in [3.05, 3.63) is 141 Å². The Morgan fingerprint density at radius 3 is 1.17 bits per heavy atom. The van der Waals surface area contributed by atoms with Crippen molar-refractivity contribution < 1.29 is 102 Å². The predicted octanol–water partition coefficient (Wildman–Crippen LogP) is 12.4. The lowest BCUT2D eigenvalue weighted by atomic mass is 10.0. The molecule has 15 rings (SSSR count). The number of hydrogen-bond acceptors (Lipinski definition) is 19. The summed E-state index contributed by atoms with van der Waals surface area (Å²) in [7, 11) is -8.22. The first-order valence-corrected chi connectivity index (χ1v) is 43.3. The van der Waals surface area contributed by atoms with Crippen LogP contribution in [0.3, 0.4) is 0 Å². The summed E-state index contributed by atoms with van der Waals surface area (Å²) in [5.41, 5.74) is 8.39. The SMILES string of the molecule is C#C[Si](C)(C)C.C#Cc1ccc2c(c1)OC[C@H]1[C@@H](C(=O)O)[C@@H]21.CCOC(=O)[C@@H]1[C@@H]2COc3cc(C#C[Si](C)(C)C)ccc3[C@@H]21.CCOC(=O)[C@@H]1[C@@H]2COc3cc(C#N)ccc3[C@@H]21.CCOC(=O)[C@@H]1[C@@H]2COc3cc(C(C)=O)ccc3[C@@H]21.CCOC(=O)[C@@H]1[C@@H]2COc3cc(OS(=O)(=O)C(F)(F)F)ccc3[C@@H]21. The highest BCUT2D eigenvalue weighted by molar-refractivity contribution is 7.88. The molecule has 5 aliphatic carbocycles. The Hall–Kier alpha value is -9.74. The van der Waals surface area contributed by atoms with Crippen molar-refractivity contribution in [3.63, 3.8) is 0 Å². The summed E-state index contributed by atoms with van der Waals surface area (Å²) < 4.78 is 112. The van der Waals surface area contributed by atoms with Gasteiger partial charge in [-0.3, -0.25) is 28.8 Å². The highest BCUT2D eigenvalue weighted by Crippen LogP contribution is 2.63. The molecule has 5 aliphatic heterocycles. The fourth-order valence-corrected chi connectivity index (χ4v) is 15.1. The molecule has 0 aromatic heterocycles. The van der Waals surface area contributed by atoms with Crippen LogP contribution in [0.25, 0.3) is 0 Å². The van der Waals surface area contributed by atoms with Crippen LogP contribution in [-0.4, -0.2) is 130 Å². The number of ether oxygens (including phenoxy) is 9. The van der Waals surface area contributed by atoms with Crippen LogP contribution in [0.2, 0.25) is 39.3 Å². The van der Waals surface area contributed by atoms with Gasteiger partial charge in [0.1, 0.15) is 50.6 Å². The zero-order valence-electron chi connectivity index (χ0n) is 60.1. The molecule has 0 spiro atoms. The summed E-state index contributed by atoms with van der Waals surface area (Å²) in [6, 6.07) is 28.2. The van der Waals surface area contributed by atoms with Gasteiger partial charge < -0.3 is 51.9 Å². The fourth-order valence-electron chi connectivity index (χ4n) is 14.1. The van der Waals surface area contributed by atoms with E-state index in [2.05, 4.69) is 78.5 Å². The average Bonchev–Trinajstić information content (AvgIpc) is 1.60. The van der Waals surface area contributed by atoms with Crippen molar-refractivity contribution >= 4 is 61.9 Å². The van der Waals surface area contributed by atoms with Gasteiger partial charge >= 0.3 is 45.5 Å². The first-order valence-electron chi connectivity index (χ1n) is 34.9. The number of Topliss-reactive ketones (excluding diaryl/α,β-unsaturated/α-hetero) is 1. The van der Waals surface area contributed by atoms with Crippen molar-refractivity contribution in [3.8, 4) is 76.3 Å². The van der Waals surface area contributed by atoms with Crippen molar-refractivity contribution in [2.24, 2.45) is 59.2 Å². The van der Waals surface area contributed by atoms with Gasteiger partial charge in [0.15, 0.2) is 5.78 Å². The van der Waals surface area contributed by atoms with Crippen LogP contribution in [-0.2, 0) is 53.0 Å². The lowest BCUT2D eigenvalue weighted by Crippen LogP contribution is -2.28. The summed E-state index contributed by atoms with van der Waals surface area (Å²) in [5.74, 6) is 7.91. The van der Waals surface area contributed by atoms with Crippen LogP contribution >= 0.6 is 0 Å². The van der Waals surface area contributed by atoms with Gasteiger partial charge in [-0.1, -0.05) is 87.5 Å². The number of halogens is 3. The van der Waals surface area contributed by atoms with Crippen LogP contribution in [0.1, 0.15) is 119 Å². The van der Waals surface area contributed by atoms with Crippen LogP contribution in [0, 0.1) is 106 Å². The van der Waals surface area contributed by atoms with E-state index >= 15 is 0 Å². The minimum atomic E-state index is -5.74. The molecule has 5 aromatic carbocycles. The van der Waals surface area contributed by atoms with E-state index < -0.39 is 43.5 Å². The molecule has 5 aromatic rings. The molecular formula is C79H84F3NO19SSi2. The van der Waals surface area contributed by atoms with E-state index in [0.717, 1.165) is 68.5 Å². The molecular weight excluding hydrogens is 1410 g/mol. The van der Waals surface area contributed by atoms with E-state index in [1.165, 1.54) is 13.0 Å². The first-order chi connectivity index (χ1) is 49.7. The molecule has 5 fully saturated rings. The van der Waals surface area contributed by atoms with E-state index in [0.29, 0.717) is 62.9 Å². The topological polar surface area (TPSA) is 273 Å². The number of alkyl halides is 3. The standard InChI is InChI=1S/C18H22O3Si.C15H16O4.C14H13F3O6S.C14H13NO3.C13H10O3.C5H10Si/c1-5-20-18(19)17-14-11-21-15-10-12(8-9-22(2,3)4)6-7-13(15)16(14)17;1-3-18-15(17)14-11-7-19-12-6-9(8(2)16)4-5-10(12)13(11)14;1-2-21-13(18)12-9-6-22-10-5-7(3-4-8(10)11(9)12)23-24(19,20)14(15,16)17;1-2-17-14(16)13-10-7-18-11-5-8(6-15)3-4-9(11)12(10)13;1-2-7-3-4-8-10(5-7)16-6-9-11(8)12(9)13(14)15;1-5-6(2,3)4/h6-7,10,14,16-17H,5,11H2,1-4H3;4-6,11,13-14H,3,7H2,1-2H3;3-5,9,11-12H,2,6H2,1H3;3-5,10,12-13H,2,7H2,1H3;1,3-5,9,11-12H,6H2,(H,14,15);1H,2-4H3/t14-,16+,17-;11-,13+,14-;9-,11+,12-;10-,12+,13-;9-,11+,12-;/m11111./s1. The second-order valence-electron chi connectivity index (χ2n) is 28.9. The minimum Gasteiger partial charge on any atom is -0.493 e. The number of terminal acetylenes is 2. The molecule has 0 radical (unpaired) electrons. The third-order valence-corrected chi connectivity index (χ3v) is 22.3. The van der Waals surface area contributed by atoms with Crippen LogP contribution < -0.4 is 27.9 Å². The molecule has 5 saturated carbocycles. The van der Waals surface area contributed by atoms with Crippen LogP contribution in [0.5, 0.6) is 34.5 Å². The molecule has 0 saturated heterocycles. The lowest BCUT2D eigenvalue weighted by molar-refractivity contribution is -0.146. The lowest BCUT2D eigenvalue weighted by Gasteiger charge is -2.17. The van der Waals surface area contributed by atoms with Gasteiger partial charge in [0.25, 0.3) is 0 Å². The van der Waals surface area contributed by atoms with Gasteiger partial charge in [0.05, 0.1) is 101 Å². The summed E-state index contributed by atoms with van der Waals surface area (Å²) >= 11 is 0. The Morgan fingerprint density at radius 2 is 0.829 bits per heavy atom. The minimum absolute atomic E-state index is 0.0197. The van der Waals surface area contributed by atoms with Crippen molar-refractivity contribution in [1.29, 1.82) is 5.26 Å². The zero-order chi connectivity index (χ0) is 76.4. The summed E-state index contributed by atoms with van der Waals surface area (Å²) in [5, 5.41) is 17.9. The second-order valence-corrected chi connectivity index (χ2v) is 40.0. The molecule has 554 valence electrons. The number of hydrogen-bond donors (Lipinski definition) is 1. The van der Waals surface area contributed by atoms with Crippen LogP contribution in [0.15, 0.2) is 91.0 Å². The normalized spacial score (nSPS) is 25.5. The Labute approximate surface area is 611 Å². The van der Waals surface area contributed by atoms with Crippen molar-refractivity contribution in [1.82, 2.24) is 0 Å². The average molecular weight is 1500 g/mol. The highest BCUT2D eigenvalue weighted by atomic mass is 32.2. The maximum absolute atomic E-state index is 12.3. The number of fused-ring (bicyclic) bond motifs is 15. The van der Waals surface area contributed by atoms with E-state index in [9.17, 15) is 50.4 Å². The van der Waals surface area contributed by atoms with Gasteiger partial charge in [0, 0.05) is 81.9 Å². The second kappa shape index (κ2) is 31.5. The number of nitriles is 1. The first kappa shape index (κ1) is 77.9. The summed E-state index contributed by atoms with van der Waals surface area (Å²) in [6.07, 6.45) is 10.4.